The predicted molar refractivity (Wildman–Crippen MR) is 315 cm³/mol. The molecule has 21 saturated heterocycles. The van der Waals surface area contributed by atoms with Crippen LogP contribution in [0.25, 0.3) is 11.1 Å². The Balaban J connectivity index is 0.859. The van der Waals surface area contributed by atoms with E-state index < -0.39 is 255 Å². The van der Waals surface area contributed by atoms with Gasteiger partial charge in [-0.05, 0) is 30.5 Å². The number of hydrogen-bond donors (Lipinski definition) is 21. The van der Waals surface area contributed by atoms with Crippen molar-refractivity contribution in [3.8, 4) is 11.1 Å². The summed E-state index contributed by atoms with van der Waals surface area (Å²) in [7, 11) is 1.96. The van der Waals surface area contributed by atoms with Crippen LogP contribution in [0.2, 0.25) is 0 Å². The highest BCUT2D eigenvalue weighted by Gasteiger charge is 2.60. The second-order valence-corrected chi connectivity index (χ2v) is 25.9. The smallest absolute Gasteiger partial charge is 0.187 e. The van der Waals surface area contributed by atoms with E-state index >= 15 is 0 Å². The molecule has 0 amide bonds. The standard InChI is InChI=1S/C61H97N3O34/c1-63-14-8-25(9-15-63)26-10-16-64(17-11-26)13-7-5-3-2-4-6-12-62-18-27-48-34(71)41(78)55(85-27)93-49-28(19-65)87-57(43(80)36(49)73)95-51-30(21-67)89-59(45(82)38(51)75)97-53-32(23-69)91-61(47(84)40(53)77)98-54-33(24-70)90-60(46(83)39(54)76)96-52-31(22-68)88-58(44(81)37(52)74)94-50-29(20-66)86-56(92-48)42(79)35(50)72/h8-11,14-17,27-62,65-84H,2-7,12-13,18-24H2,1H3/q+2/t27-,28-,29-,30-,31-,32-,33-,34-,35-,36-,37-,38-,39-,40-,41-,42-,43+,44-,45+,46-,47-,48-,49-,50-,51-,52-,53-,54-,55-,56-,57-,58-,59-,60-,61-/m1/s1. The van der Waals surface area contributed by atoms with Crippen LogP contribution >= 0.6 is 0 Å². The first-order chi connectivity index (χ1) is 47.0. The quantitative estimate of drug-likeness (QED) is 0.0487. The zero-order valence-electron chi connectivity index (χ0n) is 53.5. The number of ether oxygens (including phenoxy) is 14. The molecular weight excluding hydrogens is 1320 g/mol. The molecule has 35 atom stereocenters. The number of rotatable bonds is 18. The lowest BCUT2D eigenvalue weighted by Gasteiger charge is -2.50. The summed E-state index contributed by atoms with van der Waals surface area (Å²) in [4.78, 5) is 0. The van der Waals surface area contributed by atoms with E-state index in [0.29, 0.717) is 13.0 Å². The van der Waals surface area contributed by atoms with Crippen LogP contribution in [-0.2, 0) is 79.9 Å². The molecule has 21 aliphatic rings. The predicted octanol–water partition coefficient (Wildman–Crippen LogP) is -11.8. The molecule has 0 spiro atoms. The fraction of sp³-hybridized carbons (Fsp3) is 0.836. The molecule has 2 aromatic heterocycles. The lowest BCUT2D eigenvalue weighted by atomic mass is 9.95. The number of aliphatic hydroxyl groups excluding tert-OH is 20. The van der Waals surface area contributed by atoms with Crippen molar-refractivity contribution in [2.45, 2.75) is 260 Å². The van der Waals surface area contributed by atoms with Crippen molar-refractivity contribution in [2.75, 3.05) is 52.7 Å². The van der Waals surface area contributed by atoms with E-state index in [9.17, 15) is 102 Å². The Morgan fingerprint density at radius 2 is 0.510 bits per heavy atom. The number of aryl methyl sites for hydroxylation is 2. The van der Waals surface area contributed by atoms with Crippen LogP contribution in [0, 0.1) is 0 Å². The van der Waals surface area contributed by atoms with Gasteiger partial charge < -0.3 is 174 Å². The second kappa shape index (κ2) is 35.1. The van der Waals surface area contributed by atoms with Crippen LogP contribution < -0.4 is 14.5 Å². The zero-order chi connectivity index (χ0) is 70.4. The van der Waals surface area contributed by atoms with Crippen LogP contribution in [-0.4, -0.2) is 370 Å². The third-order valence-corrected chi connectivity index (χ3v) is 19.2. The number of hydrogen-bond acceptors (Lipinski definition) is 35. The largest absolute Gasteiger partial charge is 0.394 e. The highest BCUT2D eigenvalue weighted by molar-refractivity contribution is 5.60. The van der Waals surface area contributed by atoms with Crippen LogP contribution in [0.5, 0.6) is 0 Å². The van der Waals surface area contributed by atoms with Gasteiger partial charge in [-0.2, -0.15) is 0 Å². The Bertz CT molecular complexity index is 2690. The van der Waals surface area contributed by atoms with Crippen molar-refractivity contribution < 1.29 is 178 Å². The molecule has 0 radical (unpaired) electrons. The number of nitrogens with one attached hydrogen (secondary N) is 1. The normalized spacial score (nSPS) is 46.0. The highest BCUT2D eigenvalue weighted by atomic mass is 16.8. The van der Waals surface area contributed by atoms with Crippen LogP contribution in [0.15, 0.2) is 49.1 Å². The summed E-state index contributed by atoms with van der Waals surface area (Å²) in [6.45, 7) is -5.19. The Morgan fingerprint density at radius 1 is 0.286 bits per heavy atom. The van der Waals surface area contributed by atoms with Crippen molar-refractivity contribution >= 4 is 0 Å². The number of aromatic nitrogens is 2. The maximum absolute atomic E-state index is 12.0. The molecule has 21 N–H and O–H groups in total. The van der Waals surface area contributed by atoms with E-state index in [1.165, 1.54) is 0 Å². The molecule has 0 aromatic carbocycles. The summed E-state index contributed by atoms with van der Waals surface area (Å²) in [5.41, 5.74) is 2.23. The first-order valence-electron chi connectivity index (χ1n) is 33.0. The van der Waals surface area contributed by atoms with E-state index in [1.54, 1.807) is 0 Å². The van der Waals surface area contributed by atoms with Gasteiger partial charge in [0.05, 0.1) is 39.6 Å². The summed E-state index contributed by atoms with van der Waals surface area (Å²) in [5, 5.41) is 228. The Morgan fingerprint density at radius 3 is 0.776 bits per heavy atom. The molecule has 0 unspecified atom stereocenters. The summed E-state index contributed by atoms with van der Waals surface area (Å²) in [6, 6.07) is 8.27. The summed E-state index contributed by atoms with van der Waals surface area (Å²) >= 11 is 0. The Hall–Kier alpha value is -3.10. The molecule has 0 aliphatic carbocycles. The SMILES string of the molecule is C[n+]1ccc(-c2cc[n+](CCCCCCCCNC[C@H]3O[C@@H]4O[C@H]5[C@H](O)[C@H](O)[C@@H](O[C@H]6[C@H](O)[C@H](O)[C@@H](O[C@H]7[C@H](O)[C@@H](O)[C@@H](O[C@H]8[C@H](O)[C@@H](O)[C@@H](O[C@H]9[C@H](O)[C@@H](O)[C@@H](O[C@H]%10[C@H](O)[C@@H](O)[C@@H](O[C@H]3[C@H](O)[C@H]4O)O[C@@H]%10CO)O[C@@H]9CO)O[C@@H]8CO)O[C@@H]7CO)O[C@@H]6CO)O[C@@H]5CO)cc2)cc1. The van der Waals surface area contributed by atoms with Gasteiger partial charge in [0, 0.05) is 37.2 Å². The monoisotopic (exact) mass is 1420 g/mol. The van der Waals surface area contributed by atoms with Gasteiger partial charge in [-0.3, -0.25) is 0 Å². The fourth-order valence-corrected chi connectivity index (χ4v) is 13.4. The summed E-state index contributed by atoms with van der Waals surface area (Å²) < 4.78 is 86.2. The Labute approximate surface area is 561 Å². The second-order valence-electron chi connectivity index (χ2n) is 25.9. The van der Waals surface area contributed by atoms with Gasteiger partial charge in [-0.1, -0.05) is 19.3 Å². The van der Waals surface area contributed by atoms with Crippen molar-refractivity contribution in [1.29, 1.82) is 0 Å². The topological polar surface area (TPSA) is 554 Å². The maximum atomic E-state index is 12.0. The van der Waals surface area contributed by atoms with Crippen LogP contribution in [0.3, 0.4) is 0 Å². The molecule has 21 aliphatic heterocycles. The molecule has 2 aromatic rings. The molecule has 558 valence electrons. The van der Waals surface area contributed by atoms with E-state index in [-0.39, 0.29) is 6.54 Å². The summed E-state index contributed by atoms with van der Waals surface area (Å²) in [6.07, 6.45) is -55.9. The van der Waals surface area contributed by atoms with E-state index in [2.05, 4.69) is 46.5 Å². The molecule has 23 rings (SSSR count). The molecule has 37 nitrogen and oxygen atoms in total. The minimum atomic E-state index is -2.21. The van der Waals surface area contributed by atoms with Crippen LogP contribution in [0.1, 0.15) is 38.5 Å². The molecule has 23 heterocycles. The van der Waals surface area contributed by atoms with Gasteiger partial charge in [0.2, 0.25) is 0 Å². The van der Waals surface area contributed by atoms with E-state index in [1.807, 2.05) is 24.0 Å². The average Bonchev–Trinajstić information content (AvgIpc) is 0.779. The molecule has 0 saturated carbocycles. The maximum Gasteiger partial charge on any atom is 0.187 e. The fourth-order valence-electron chi connectivity index (χ4n) is 13.4. The van der Waals surface area contributed by atoms with Gasteiger partial charge in [0.1, 0.15) is 185 Å². The third kappa shape index (κ3) is 17.1. The Kier molecular flexibility index (Phi) is 27.8. The van der Waals surface area contributed by atoms with Crippen molar-refractivity contribution in [2.24, 2.45) is 7.05 Å². The van der Waals surface area contributed by atoms with Gasteiger partial charge in [0.15, 0.2) is 68.8 Å². The average molecular weight is 1420 g/mol. The van der Waals surface area contributed by atoms with Crippen molar-refractivity contribution in [3.63, 3.8) is 0 Å². The van der Waals surface area contributed by atoms with Gasteiger partial charge >= 0.3 is 0 Å². The highest BCUT2D eigenvalue weighted by Crippen LogP contribution is 2.39. The molecule has 98 heavy (non-hydrogen) atoms. The first kappa shape index (κ1) is 77.5. The molecule has 37 heteroatoms. The number of unbranched alkanes of at least 4 members (excludes halogenated alkanes) is 5. The molecule has 21 fully saturated rings. The van der Waals surface area contributed by atoms with Crippen LogP contribution in [0.4, 0.5) is 0 Å². The first-order valence-corrected chi connectivity index (χ1v) is 33.0. The van der Waals surface area contributed by atoms with E-state index in [0.717, 1.165) is 49.8 Å². The van der Waals surface area contributed by atoms with Crippen molar-refractivity contribution in [1.82, 2.24) is 5.32 Å². The molecule has 14 bridgehead atoms. The number of aliphatic hydroxyl groups is 20. The number of nitrogens with zero attached hydrogens (tertiary/aromatic N) is 2. The third-order valence-electron chi connectivity index (χ3n) is 19.2. The molecular formula is C61H97N3O34+2. The van der Waals surface area contributed by atoms with E-state index in [4.69, 9.17) is 66.3 Å². The van der Waals surface area contributed by atoms with Gasteiger partial charge in [-0.15, -0.1) is 0 Å². The lowest BCUT2D eigenvalue weighted by molar-refractivity contribution is -0.697. The van der Waals surface area contributed by atoms with Gasteiger partial charge in [0.25, 0.3) is 0 Å². The summed E-state index contributed by atoms with van der Waals surface area (Å²) in [5.74, 6) is 0. The minimum Gasteiger partial charge on any atom is -0.394 e. The zero-order valence-corrected chi connectivity index (χ0v) is 53.5. The number of pyridine rings is 2. The minimum absolute atomic E-state index is 0.201. The van der Waals surface area contributed by atoms with Crippen molar-refractivity contribution in [3.05, 3.63) is 49.1 Å². The lowest BCUT2D eigenvalue weighted by Crippen LogP contribution is -2.68. The van der Waals surface area contributed by atoms with Gasteiger partial charge in [-0.25, -0.2) is 9.13 Å².